The van der Waals surface area contributed by atoms with E-state index in [9.17, 15) is 24.4 Å². The van der Waals surface area contributed by atoms with Crippen LogP contribution in [0.4, 0.5) is 17.1 Å². The molecular weight excluding hydrogens is 322 g/mol. The third-order valence-electron chi connectivity index (χ3n) is 3.10. The molecule has 0 fully saturated rings. The molecule has 0 heterocycles. The van der Waals surface area contributed by atoms with E-state index in [1.807, 2.05) is 6.92 Å². The molecule has 2 rings (SSSR count). The van der Waals surface area contributed by atoms with Crippen molar-refractivity contribution in [3.05, 3.63) is 68.3 Å². The Kier molecular flexibility index (Phi) is 4.41. The lowest BCUT2D eigenvalue weighted by Crippen LogP contribution is -1.98. The highest BCUT2D eigenvalue weighted by Gasteiger charge is 2.20. The summed E-state index contributed by atoms with van der Waals surface area (Å²) in [6.45, 7) is 1.87. The predicted molar refractivity (Wildman–Crippen MR) is 85.4 cm³/mol. The van der Waals surface area contributed by atoms with Gasteiger partial charge in [-0.15, -0.1) is 0 Å². The molecule has 8 nitrogen and oxygen atoms in total. The lowest BCUT2D eigenvalue weighted by molar-refractivity contribution is -0.393. The highest BCUT2D eigenvalue weighted by atomic mass is 32.2. The average Bonchev–Trinajstić information content (AvgIpc) is 2.47. The molecule has 0 saturated heterocycles. The molecule has 9 heteroatoms. The average molecular weight is 335 g/mol. The minimum Gasteiger partial charge on any atom is -0.258 e. The minimum atomic E-state index is -2.92. The van der Waals surface area contributed by atoms with Crippen LogP contribution < -0.4 is 0 Å². The van der Waals surface area contributed by atoms with Crippen LogP contribution in [0.15, 0.2) is 51.7 Å². The van der Waals surface area contributed by atoms with Gasteiger partial charge in [0.05, 0.1) is 25.6 Å². The number of nitro groups is 2. The van der Waals surface area contributed by atoms with Gasteiger partial charge in [-0.1, -0.05) is 17.7 Å². The van der Waals surface area contributed by atoms with Crippen LogP contribution in [0.25, 0.3) is 0 Å². The highest BCUT2D eigenvalue weighted by Crippen LogP contribution is 2.33. The molecule has 0 aliphatic rings. The molecule has 0 spiro atoms. The van der Waals surface area contributed by atoms with Crippen LogP contribution in [0, 0.1) is 27.2 Å². The molecule has 0 unspecified atom stereocenters. The first-order valence-electron chi connectivity index (χ1n) is 6.42. The smallest absolute Gasteiger partial charge is 0.258 e. The van der Waals surface area contributed by atoms with E-state index in [-0.39, 0.29) is 5.69 Å². The van der Waals surface area contributed by atoms with Gasteiger partial charge in [0.25, 0.3) is 5.69 Å². The van der Waals surface area contributed by atoms with E-state index < -0.39 is 31.0 Å². The van der Waals surface area contributed by atoms with Gasteiger partial charge >= 0.3 is 5.69 Å². The molecule has 0 amide bonds. The fourth-order valence-electron chi connectivity index (χ4n) is 1.88. The third-order valence-corrected chi connectivity index (χ3v) is 4.79. The Morgan fingerprint density at radius 3 is 2.13 bits per heavy atom. The lowest BCUT2D eigenvalue weighted by Gasteiger charge is -2.05. The zero-order chi connectivity index (χ0) is 17.2. The fraction of sp³-hybridized carbons (Fsp3) is 0.143. The van der Waals surface area contributed by atoms with E-state index in [4.69, 9.17) is 0 Å². The number of nitro benzene ring substituents is 2. The summed E-state index contributed by atoms with van der Waals surface area (Å²) in [5, 5.41) is 21.8. The summed E-state index contributed by atoms with van der Waals surface area (Å²) in [4.78, 5) is 20.7. The Hall–Kier alpha value is -2.81. The van der Waals surface area contributed by atoms with Gasteiger partial charge in [-0.2, -0.15) is 4.36 Å². The van der Waals surface area contributed by atoms with E-state index in [1.54, 1.807) is 24.3 Å². The molecular formula is C14H13N3O5S. The quantitative estimate of drug-likeness (QED) is 0.625. The summed E-state index contributed by atoms with van der Waals surface area (Å²) in [7, 11) is -2.92. The van der Waals surface area contributed by atoms with Gasteiger partial charge in [0, 0.05) is 17.2 Å². The molecule has 23 heavy (non-hydrogen) atoms. The van der Waals surface area contributed by atoms with E-state index >= 15 is 0 Å². The van der Waals surface area contributed by atoms with Crippen molar-refractivity contribution in [2.75, 3.05) is 6.26 Å². The van der Waals surface area contributed by atoms with Crippen molar-refractivity contribution in [3.63, 3.8) is 0 Å². The Labute approximate surface area is 132 Å². The van der Waals surface area contributed by atoms with Crippen molar-refractivity contribution in [3.8, 4) is 0 Å². The normalized spacial score (nSPS) is 13.1. The van der Waals surface area contributed by atoms with Crippen molar-refractivity contribution < 1.29 is 14.1 Å². The monoisotopic (exact) mass is 335 g/mol. The van der Waals surface area contributed by atoms with Crippen molar-refractivity contribution in [1.29, 1.82) is 0 Å². The maximum Gasteiger partial charge on any atom is 0.302 e. The van der Waals surface area contributed by atoms with Crippen LogP contribution in [-0.2, 0) is 9.73 Å². The second kappa shape index (κ2) is 6.13. The molecule has 1 atom stereocenters. The van der Waals surface area contributed by atoms with Crippen molar-refractivity contribution in [2.45, 2.75) is 11.8 Å². The fourth-order valence-corrected chi connectivity index (χ4v) is 3.16. The zero-order valence-corrected chi connectivity index (χ0v) is 13.1. The number of aryl methyl sites for hydroxylation is 1. The molecule has 120 valence electrons. The first kappa shape index (κ1) is 16.6. The predicted octanol–water partition coefficient (Wildman–Crippen LogP) is 3.60. The van der Waals surface area contributed by atoms with E-state index in [0.29, 0.717) is 4.90 Å². The summed E-state index contributed by atoms with van der Waals surface area (Å²) in [5.74, 6) is 0. The van der Waals surface area contributed by atoms with Gasteiger partial charge < -0.3 is 0 Å². The molecule has 0 N–H and O–H groups in total. The van der Waals surface area contributed by atoms with Crippen LogP contribution in [-0.4, -0.2) is 20.3 Å². The molecule has 0 aliphatic heterocycles. The molecule has 2 aromatic rings. The molecule has 2 aromatic carbocycles. The summed E-state index contributed by atoms with van der Waals surface area (Å²) in [6, 6.07) is 9.83. The molecule has 0 aliphatic carbocycles. The SMILES string of the molecule is Cc1ccc([S@](C)(=O)=Nc2ccc([N+](=O)[O-])cc2[N+](=O)[O-])cc1. The van der Waals surface area contributed by atoms with Crippen molar-refractivity contribution >= 4 is 26.8 Å². The second-order valence-electron chi connectivity index (χ2n) is 4.89. The van der Waals surface area contributed by atoms with Gasteiger partial charge in [-0.05, 0) is 25.1 Å². The van der Waals surface area contributed by atoms with Crippen LogP contribution in [0.1, 0.15) is 5.56 Å². The standard InChI is InChI=1S/C14H13N3O5S/c1-10-3-6-12(7-4-10)23(2,22)15-13-8-5-11(16(18)19)9-14(13)17(20)21/h3-9H,1-2H3/t23-/m0/s1. The van der Waals surface area contributed by atoms with Gasteiger partial charge in [-0.3, -0.25) is 20.2 Å². The molecule has 0 radical (unpaired) electrons. The van der Waals surface area contributed by atoms with Gasteiger partial charge in [0.2, 0.25) is 0 Å². The van der Waals surface area contributed by atoms with E-state index in [0.717, 1.165) is 23.8 Å². The topological polar surface area (TPSA) is 116 Å². The lowest BCUT2D eigenvalue weighted by atomic mass is 10.2. The summed E-state index contributed by atoms with van der Waals surface area (Å²) >= 11 is 0. The van der Waals surface area contributed by atoms with Crippen LogP contribution in [0.3, 0.4) is 0 Å². The number of non-ortho nitro benzene ring substituents is 1. The van der Waals surface area contributed by atoms with Crippen molar-refractivity contribution in [2.24, 2.45) is 4.36 Å². The minimum absolute atomic E-state index is 0.159. The van der Waals surface area contributed by atoms with Crippen LogP contribution in [0.2, 0.25) is 0 Å². The Morgan fingerprint density at radius 2 is 1.61 bits per heavy atom. The maximum absolute atomic E-state index is 12.7. The number of nitrogens with zero attached hydrogens (tertiary/aromatic N) is 3. The first-order valence-corrected chi connectivity index (χ1v) is 8.35. The Balaban J connectivity index is 2.61. The Bertz CT molecular complexity index is 899. The van der Waals surface area contributed by atoms with E-state index in [1.165, 1.54) is 6.26 Å². The number of benzene rings is 2. The number of hydrogen-bond acceptors (Lipinski definition) is 6. The molecule has 0 saturated carbocycles. The largest absolute Gasteiger partial charge is 0.302 e. The highest BCUT2D eigenvalue weighted by molar-refractivity contribution is 7.93. The summed E-state index contributed by atoms with van der Waals surface area (Å²) in [6.07, 6.45) is 1.36. The van der Waals surface area contributed by atoms with Crippen molar-refractivity contribution in [1.82, 2.24) is 0 Å². The van der Waals surface area contributed by atoms with E-state index in [2.05, 4.69) is 4.36 Å². The maximum atomic E-state index is 12.7. The summed E-state index contributed by atoms with van der Waals surface area (Å²) < 4.78 is 16.7. The van der Waals surface area contributed by atoms with Crippen LogP contribution in [0.5, 0.6) is 0 Å². The zero-order valence-electron chi connectivity index (χ0n) is 12.3. The first-order chi connectivity index (χ1) is 10.7. The number of rotatable bonds is 4. The van der Waals surface area contributed by atoms with Gasteiger partial charge in [-0.25, -0.2) is 4.21 Å². The van der Waals surface area contributed by atoms with Gasteiger partial charge in [0.15, 0.2) is 5.69 Å². The Morgan fingerprint density at radius 1 is 1.00 bits per heavy atom. The number of hydrogen-bond donors (Lipinski definition) is 0. The van der Waals surface area contributed by atoms with Crippen LogP contribution >= 0.6 is 0 Å². The second-order valence-corrected chi connectivity index (χ2v) is 7.15. The molecule has 0 bridgehead atoms. The van der Waals surface area contributed by atoms with Gasteiger partial charge in [0.1, 0.15) is 0 Å². The summed E-state index contributed by atoms with van der Waals surface area (Å²) in [5.41, 5.74) is -0.159. The molecule has 0 aromatic heterocycles. The third kappa shape index (κ3) is 3.69.